The van der Waals surface area contributed by atoms with E-state index in [1.54, 1.807) is 30.3 Å². The minimum absolute atomic E-state index is 0.0569. The molecule has 2 N–H and O–H groups in total. The molecule has 0 aliphatic rings. The fourth-order valence-electron chi connectivity index (χ4n) is 2.14. The summed E-state index contributed by atoms with van der Waals surface area (Å²) in [5.74, 6) is 1.10. The predicted molar refractivity (Wildman–Crippen MR) is 87.2 cm³/mol. The van der Waals surface area contributed by atoms with Gasteiger partial charge < -0.3 is 10.5 Å². The Morgan fingerprint density at radius 3 is 2.09 bits per heavy atom. The molecule has 0 bridgehead atoms. The summed E-state index contributed by atoms with van der Waals surface area (Å²) in [5, 5.41) is 0. The number of nitrogens with two attached hydrogens (primary N) is 1. The van der Waals surface area contributed by atoms with Crippen molar-refractivity contribution in [1.29, 1.82) is 0 Å². The first-order chi connectivity index (χ1) is 10.7. The fraction of sp³-hybridized carbons (Fsp3) is 0. The van der Waals surface area contributed by atoms with E-state index in [9.17, 15) is 4.79 Å². The van der Waals surface area contributed by atoms with Crippen LogP contribution >= 0.6 is 0 Å². The summed E-state index contributed by atoms with van der Waals surface area (Å²) in [7, 11) is 0. The van der Waals surface area contributed by atoms with E-state index in [2.05, 4.69) is 0 Å². The molecule has 108 valence electrons. The molecule has 0 radical (unpaired) electrons. The van der Waals surface area contributed by atoms with Gasteiger partial charge in [-0.25, -0.2) is 0 Å². The zero-order valence-electron chi connectivity index (χ0n) is 11.9. The second-order valence-electron chi connectivity index (χ2n) is 4.86. The van der Waals surface area contributed by atoms with Gasteiger partial charge >= 0.3 is 0 Å². The van der Waals surface area contributed by atoms with Crippen molar-refractivity contribution in [3.8, 4) is 11.5 Å². The number of hydrogen-bond donors (Lipinski definition) is 1. The number of hydrogen-bond acceptors (Lipinski definition) is 3. The number of carbonyl (C=O) groups is 1. The lowest BCUT2D eigenvalue weighted by Gasteiger charge is -2.10. The van der Waals surface area contributed by atoms with Crippen LogP contribution in [0.15, 0.2) is 78.9 Å². The molecule has 0 saturated heterocycles. The van der Waals surface area contributed by atoms with Gasteiger partial charge in [-0.15, -0.1) is 0 Å². The molecule has 3 heteroatoms. The summed E-state index contributed by atoms with van der Waals surface area (Å²) in [4.78, 5) is 12.5. The fourth-order valence-corrected chi connectivity index (χ4v) is 2.14. The minimum atomic E-state index is -0.0569. The number of rotatable bonds is 4. The van der Waals surface area contributed by atoms with Crippen molar-refractivity contribution < 1.29 is 9.53 Å². The van der Waals surface area contributed by atoms with E-state index >= 15 is 0 Å². The molecule has 3 nitrogen and oxygen atoms in total. The summed E-state index contributed by atoms with van der Waals surface area (Å²) < 4.78 is 5.76. The Morgan fingerprint density at radius 2 is 1.41 bits per heavy atom. The van der Waals surface area contributed by atoms with Crippen molar-refractivity contribution in [3.05, 3.63) is 90.0 Å². The van der Waals surface area contributed by atoms with E-state index in [4.69, 9.17) is 10.5 Å². The molecule has 0 aromatic heterocycles. The molecule has 3 rings (SSSR count). The topological polar surface area (TPSA) is 52.3 Å². The Labute approximate surface area is 129 Å². The summed E-state index contributed by atoms with van der Waals surface area (Å²) in [5.41, 5.74) is 7.62. The lowest BCUT2D eigenvalue weighted by molar-refractivity contribution is 0.103. The highest BCUT2D eigenvalue weighted by molar-refractivity contribution is 6.09. The van der Waals surface area contributed by atoms with Crippen LogP contribution in [0, 0.1) is 0 Å². The van der Waals surface area contributed by atoms with Crippen molar-refractivity contribution in [2.24, 2.45) is 0 Å². The highest BCUT2D eigenvalue weighted by Gasteiger charge is 2.11. The van der Waals surface area contributed by atoms with Crippen LogP contribution in [0.3, 0.4) is 0 Å². The number of ketones is 1. The average Bonchev–Trinajstić information content (AvgIpc) is 2.58. The predicted octanol–water partition coefficient (Wildman–Crippen LogP) is 4.29. The van der Waals surface area contributed by atoms with Crippen LogP contribution < -0.4 is 10.5 Å². The highest BCUT2D eigenvalue weighted by atomic mass is 16.5. The zero-order chi connectivity index (χ0) is 15.4. The van der Waals surface area contributed by atoms with Gasteiger partial charge in [-0.2, -0.15) is 0 Å². The van der Waals surface area contributed by atoms with Crippen LogP contribution in [-0.2, 0) is 0 Å². The molecular weight excluding hydrogens is 274 g/mol. The van der Waals surface area contributed by atoms with E-state index in [0.29, 0.717) is 28.3 Å². The number of anilines is 1. The molecule has 22 heavy (non-hydrogen) atoms. The van der Waals surface area contributed by atoms with Crippen molar-refractivity contribution in [3.63, 3.8) is 0 Å². The van der Waals surface area contributed by atoms with Gasteiger partial charge in [0, 0.05) is 11.1 Å². The van der Waals surface area contributed by atoms with Gasteiger partial charge in [0.25, 0.3) is 0 Å². The molecule has 0 amide bonds. The van der Waals surface area contributed by atoms with E-state index in [1.807, 2.05) is 48.5 Å². The summed E-state index contributed by atoms with van der Waals surface area (Å²) >= 11 is 0. The third kappa shape index (κ3) is 2.99. The summed E-state index contributed by atoms with van der Waals surface area (Å²) in [6.45, 7) is 0. The second kappa shape index (κ2) is 6.14. The Hall–Kier alpha value is -3.07. The monoisotopic (exact) mass is 289 g/mol. The van der Waals surface area contributed by atoms with Crippen LogP contribution in [0.25, 0.3) is 0 Å². The summed E-state index contributed by atoms with van der Waals surface area (Å²) in [6, 6.07) is 23.6. The highest BCUT2D eigenvalue weighted by Crippen LogP contribution is 2.29. The zero-order valence-corrected chi connectivity index (χ0v) is 11.9. The van der Waals surface area contributed by atoms with Crippen LogP contribution in [0.4, 0.5) is 5.69 Å². The molecule has 3 aromatic rings. The molecular formula is C19H15NO2. The number of para-hydroxylation sites is 1. The van der Waals surface area contributed by atoms with E-state index < -0.39 is 0 Å². The van der Waals surface area contributed by atoms with Crippen LogP contribution in [0.5, 0.6) is 11.5 Å². The smallest absolute Gasteiger partial charge is 0.193 e. The first-order valence-corrected chi connectivity index (χ1v) is 6.96. The van der Waals surface area contributed by atoms with Gasteiger partial charge in [-0.1, -0.05) is 48.5 Å². The maximum atomic E-state index is 12.5. The lowest BCUT2D eigenvalue weighted by Crippen LogP contribution is -2.02. The Balaban J connectivity index is 1.91. The molecule has 0 aliphatic heterocycles. The van der Waals surface area contributed by atoms with Gasteiger partial charge in [-0.05, 0) is 30.3 Å². The molecule has 0 fully saturated rings. The van der Waals surface area contributed by atoms with E-state index in [0.717, 1.165) is 0 Å². The minimum Gasteiger partial charge on any atom is -0.455 e. The number of benzene rings is 3. The van der Waals surface area contributed by atoms with Crippen molar-refractivity contribution in [1.82, 2.24) is 0 Å². The van der Waals surface area contributed by atoms with E-state index in [-0.39, 0.29) is 5.78 Å². The standard InChI is InChI=1S/C19H15NO2/c20-17-12-11-15(19(21)14-7-3-1-4-8-14)13-18(17)22-16-9-5-2-6-10-16/h1-13H,20H2. The summed E-state index contributed by atoms with van der Waals surface area (Å²) in [6.07, 6.45) is 0. The normalized spacial score (nSPS) is 10.2. The maximum Gasteiger partial charge on any atom is 0.193 e. The molecule has 3 aromatic carbocycles. The Bertz CT molecular complexity index is 783. The van der Waals surface area contributed by atoms with Gasteiger partial charge in [0.15, 0.2) is 11.5 Å². The number of carbonyl (C=O) groups excluding carboxylic acids is 1. The number of nitrogen functional groups attached to an aromatic ring is 1. The first kappa shape index (κ1) is 13.9. The largest absolute Gasteiger partial charge is 0.455 e. The maximum absolute atomic E-state index is 12.5. The lowest BCUT2D eigenvalue weighted by atomic mass is 10.0. The van der Waals surface area contributed by atoms with Gasteiger partial charge in [0.1, 0.15) is 5.75 Å². The molecule has 0 saturated carbocycles. The average molecular weight is 289 g/mol. The van der Waals surface area contributed by atoms with Gasteiger partial charge in [-0.3, -0.25) is 4.79 Å². The molecule has 0 aliphatic carbocycles. The Morgan fingerprint density at radius 1 is 0.773 bits per heavy atom. The van der Waals surface area contributed by atoms with Crippen LogP contribution in [-0.4, -0.2) is 5.78 Å². The molecule has 0 heterocycles. The number of ether oxygens (including phenoxy) is 1. The second-order valence-corrected chi connectivity index (χ2v) is 4.86. The van der Waals surface area contributed by atoms with Crippen LogP contribution in [0.1, 0.15) is 15.9 Å². The van der Waals surface area contributed by atoms with Crippen molar-refractivity contribution in [2.75, 3.05) is 5.73 Å². The third-order valence-electron chi connectivity index (χ3n) is 3.28. The quantitative estimate of drug-likeness (QED) is 0.575. The van der Waals surface area contributed by atoms with Crippen LogP contribution in [0.2, 0.25) is 0 Å². The van der Waals surface area contributed by atoms with Crippen molar-refractivity contribution in [2.45, 2.75) is 0 Å². The first-order valence-electron chi connectivity index (χ1n) is 6.96. The van der Waals surface area contributed by atoms with Gasteiger partial charge in [0.05, 0.1) is 5.69 Å². The SMILES string of the molecule is Nc1ccc(C(=O)c2ccccc2)cc1Oc1ccccc1. The molecule has 0 spiro atoms. The van der Waals surface area contributed by atoms with Gasteiger partial charge in [0.2, 0.25) is 0 Å². The Kier molecular flexibility index (Phi) is 3.88. The van der Waals surface area contributed by atoms with Crippen molar-refractivity contribution >= 4 is 11.5 Å². The molecule has 0 unspecified atom stereocenters. The molecule has 0 atom stereocenters. The van der Waals surface area contributed by atoms with E-state index in [1.165, 1.54) is 0 Å². The third-order valence-corrected chi connectivity index (χ3v) is 3.28.